The Morgan fingerprint density at radius 1 is 1.55 bits per heavy atom. The van der Waals surface area contributed by atoms with E-state index in [-0.39, 0.29) is 11.6 Å². The van der Waals surface area contributed by atoms with Crippen molar-refractivity contribution >= 4 is 22.6 Å². The minimum atomic E-state index is -0.375. The predicted molar refractivity (Wildman–Crippen MR) is 50.2 cm³/mol. The number of hydrogen-bond donors (Lipinski definition) is 1. The second kappa shape index (κ2) is 3.38. The van der Waals surface area contributed by atoms with Crippen LogP contribution in [0.2, 0.25) is 0 Å². The smallest absolute Gasteiger partial charge is 0.132 e. The highest BCUT2D eigenvalue weighted by Gasteiger charge is 2.05. The molecule has 0 saturated carbocycles. The Bertz CT molecular complexity index is 273. The molecular weight excluding hydrogens is 258 g/mol. The average Bonchev–Trinajstić information content (AvgIpc) is 1.96. The molecule has 0 fully saturated rings. The van der Waals surface area contributed by atoms with Gasteiger partial charge in [0.25, 0.3) is 0 Å². The Morgan fingerprint density at radius 2 is 2.18 bits per heavy atom. The van der Waals surface area contributed by atoms with Gasteiger partial charge in [0.1, 0.15) is 11.6 Å². The molecule has 0 aliphatic carbocycles. The third-order valence-corrected chi connectivity index (χ3v) is 2.72. The number of halogens is 2. The summed E-state index contributed by atoms with van der Waals surface area (Å²) in [4.78, 5) is 0. The van der Waals surface area contributed by atoms with Gasteiger partial charge in [-0.2, -0.15) is 0 Å². The lowest BCUT2D eigenvalue weighted by Crippen LogP contribution is -1.88. The summed E-state index contributed by atoms with van der Waals surface area (Å²) in [5.41, 5.74) is 0.850. The molecule has 1 rings (SSSR count). The van der Waals surface area contributed by atoms with Crippen LogP contribution < -0.4 is 0 Å². The van der Waals surface area contributed by atoms with Gasteiger partial charge >= 0.3 is 0 Å². The van der Waals surface area contributed by atoms with Gasteiger partial charge < -0.3 is 5.11 Å². The maximum Gasteiger partial charge on any atom is 0.132 e. The fourth-order valence-corrected chi connectivity index (χ4v) is 1.58. The lowest BCUT2D eigenvalue weighted by molar-refractivity contribution is 0.464. The Balaban J connectivity index is 3.24. The summed E-state index contributed by atoms with van der Waals surface area (Å²) in [6.45, 7) is 1.93. The van der Waals surface area contributed by atoms with E-state index in [1.54, 1.807) is 0 Å². The second-order valence-electron chi connectivity index (χ2n) is 2.25. The molecule has 0 bridgehead atoms. The number of benzene rings is 1. The van der Waals surface area contributed by atoms with Gasteiger partial charge in [-0.15, -0.1) is 0 Å². The summed E-state index contributed by atoms with van der Waals surface area (Å²) < 4.78 is 13.4. The van der Waals surface area contributed by atoms with Gasteiger partial charge in [-0.3, -0.25) is 0 Å². The molecular formula is C8H8FIO. The van der Waals surface area contributed by atoms with Crippen LogP contribution in [0, 0.1) is 9.39 Å². The zero-order chi connectivity index (χ0) is 8.43. The number of hydrogen-bond acceptors (Lipinski definition) is 1. The van der Waals surface area contributed by atoms with Crippen molar-refractivity contribution in [2.24, 2.45) is 0 Å². The summed E-state index contributed by atoms with van der Waals surface area (Å²) in [5.74, 6) is -0.345. The van der Waals surface area contributed by atoms with Crippen molar-refractivity contribution < 1.29 is 9.50 Å². The highest BCUT2D eigenvalue weighted by molar-refractivity contribution is 14.1. The molecule has 1 aromatic carbocycles. The Labute approximate surface area is 78.4 Å². The third kappa shape index (κ3) is 1.83. The molecule has 1 nitrogen and oxygen atoms in total. The van der Waals surface area contributed by atoms with Crippen LogP contribution in [0.25, 0.3) is 0 Å². The van der Waals surface area contributed by atoms with E-state index in [9.17, 15) is 4.39 Å². The monoisotopic (exact) mass is 266 g/mol. The number of rotatable bonds is 1. The molecule has 11 heavy (non-hydrogen) atoms. The predicted octanol–water partition coefficient (Wildman–Crippen LogP) is 2.70. The molecule has 0 unspecified atom stereocenters. The van der Waals surface area contributed by atoms with Crippen molar-refractivity contribution in [1.29, 1.82) is 0 Å². The number of aromatic hydroxyl groups is 1. The van der Waals surface area contributed by atoms with Gasteiger partial charge in [0.15, 0.2) is 0 Å². The first-order chi connectivity index (χ1) is 5.15. The first-order valence-corrected chi connectivity index (χ1v) is 4.40. The van der Waals surface area contributed by atoms with E-state index < -0.39 is 0 Å². The molecule has 0 aliphatic rings. The standard InChI is InChI=1S/C8H8FIO/c1-2-5-3-6(9)4-7(11)8(5)10/h3-4,11H,2H2,1H3. The van der Waals surface area contributed by atoms with Crippen LogP contribution >= 0.6 is 22.6 Å². The second-order valence-corrected chi connectivity index (χ2v) is 3.33. The van der Waals surface area contributed by atoms with E-state index in [0.29, 0.717) is 0 Å². The van der Waals surface area contributed by atoms with Crippen LogP contribution in [0.15, 0.2) is 12.1 Å². The molecule has 0 aromatic heterocycles. The minimum Gasteiger partial charge on any atom is -0.507 e. The van der Waals surface area contributed by atoms with Gasteiger partial charge in [0.2, 0.25) is 0 Å². The maximum atomic E-state index is 12.6. The average molecular weight is 266 g/mol. The SMILES string of the molecule is CCc1cc(F)cc(O)c1I. The van der Waals surface area contributed by atoms with Crippen LogP contribution in [-0.2, 0) is 6.42 Å². The van der Waals surface area contributed by atoms with Crippen LogP contribution in [0.3, 0.4) is 0 Å². The van der Waals surface area contributed by atoms with Crippen molar-refractivity contribution in [3.05, 3.63) is 27.1 Å². The summed E-state index contributed by atoms with van der Waals surface area (Å²) in [6, 6.07) is 2.57. The molecule has 0 aliphatic heterocycles. The molecule has 0 radical (unpaired) electrons. The van der Waals surface area contributed by atoms with Crippen molar-refractivity contribution in [1.82, 2.24) is 0 Å². The molecule has 1 N–H and O–H groups in total. The lowest BCUT2D eigenvalue weighted by atomic mass is 10.1. The molecule has 60 valence electrons. The first kappa shape index (κ1) is 8.77. The quantitative estimate of drug-likeness (QED) is 0.775. The molecule has 0 amide bonds. The van der Waals surface area contributed by atoms with Crippen molar-refractivity contribution in [3.63, 3.8) is 0 Å². The molecule has 0 atom stereocenters. The fraction of sp³-hybridized carbons (Fsp3) is 0.250. The van der Waals surface area contributed by atoms with Crippen LogP contribution in [0.1, 0.15) is 12.5 Å². The Morgan fingerprint density at radius 3 is 2.73 bits per heavy atom. The summed E-state index contributed by atoms with van der Waals surface area (Å²) >= 11 is 2.00. The van der Waals surface area contributed by atoms with Crippen molar-refractivity contribution in [2.45, 2.75) is 13.3 Å². The topological polar surface area (TPSA) is 20.2 Å². The van der Waals surface area contributed by atoms with Gasteiger partial charge in [-0.1, -0.05) is 6.92 Å². The van der Waals surface area contributed by atoms with E-state index in [0.717, 1.165) is 21.6 Å². The van der Waals surface area contributed by atoms with Crippen molar-refractivity contribution in [2.75, 3.05) is 0 Å². The van der Waals surface area contributed by atoms with Gasteiger partial charge in [0, 0.05) is 6.07 Å². The van der Waals surface area contributed by atoms with E-state index in [4.69, 9.17) is 5.11 Å². The number of aryl methyl sites for hydroxylation is 1. The molecule has 3 heteroatoms. The van der Waals surface area contributed by atoms with E-state index >= 15 is 0 Å². The summed E-state index contributed by atoms with van der Waals surface area (Å²) in [5, 5.41) is 9.16. The van der Waals surface area contributed by atoms with Crippen LogP contribution in [-0.4, -0.2) is 5.11 Å². The highest BCUT2D eigenvalue weighted by Crippen LogP contribution is 2.24. The lowest BCUT2D eigenvalue weighted by Gasteiger charge is -2.02. The summed E-state index contributed by atoms with van der Waals surface area (Å²) in [6.07, 6.45) is 0.740. The highest BCUT2D eigenvalue weighted by atomic mass is 127. The number of phenolic OH excluding ortho intramolecular Hbond substituents is 1. The van der Waals surface area contributed by atoms with Crippen LogP contribution in [0.5, 0.6) is 5.75 Å². The normalized spacial score (nSPS) is 10.1. The van der Waals surface area contributed by atoms with E-state index in [1.165, 1.54) is 6.07 Å². The zero-order valence-corrected chi connectivity index (χ0v) is 8.22. The van der Waals surface area contributed by atoms with Gasteiger partial charge in [-0.25, -0.2) is 4.39 Å². The number of phenols is 1. The van der Waals surface area contributed by atoms with Crippen LogP contribution in [0.4, 0.5) is 4.39 Å². The van der Waals surface area contributed by atoms with Gasteiger partial charge in [0.05, 0.1) is 3.57 Å². The van der Waals surface area contributed by atoms with E-state index in [1.807, 2.05) is 29.5 Å². The zero-order valence-electron chi connectivity index (χ0n) is 6.06. The summed E-state index contributed by atoms with van der Waals surface area (Å²) in [7, 11) is 0. The molecule has 0 spiro atoms. The van der Waals surface area contributed by atoms with E-state index in [2.05, 4.69) is 0 Å². The van der Waals surface area contributed by atoms with Gasteiger partial charge in [-0.05, 0) is 40.6 Å². The molecule has 0 heterocycles. The Kier molecular flexibility index (Phi) is 2.70. The largest absolute Gasteiger partial charge is 0.507 e. The Hall–Kier alpha value is -0.320. The third-order valence-electron chi connectivity index (χ3n) is 1.47. The molecule has 1 aromatic rings. The fourth-order valence-electron chi connectivity index (χ4n) is 0.887. The molecule has 0 saturated heterocycles. The first-order valence-electron chi connectivity index (χ1n) is 3.32. The minimum absolute atomic E-state index is 0.0300. The maximum absolute atomic E-state index is 12.6. The van der Waals surface area contributed by atoms with Crippen molar-refractivity contribution in [3.8, 4) is 5.75 Å².